The Morgan fingerprint density at radius 2 is 2.18 bits per heavy atom. The molecule has 1 saturated carbocycles. The van der Waals surface area contributed by atoms with Crippen LogP contribution in [0, 0.1) is 5.92 Å². The second-order valence-electron chi connectivity index (χ2n) is 4.34. The minimum absolute atomic E-state index is 0.0485. The molecular weight excluding hydrogens is 306 g/mol. The van der Waals surface area contributed by atoms with Crippen LogP contribution in [0.2, 0.25) is 0 Å². The van der Waals surface area contributed by atoms with Crippen molar-refractivity contribution in [1.29, 1.82) is 0 Å². The molecule has 4 nitrogen and oxygen atoms in total. The standard InChI is InChI=1S/C11H12BrNO3S/c1-11(10(15)16,6-2-3-6)13-9(14)7-4-5-8(12)17-7/h4-6H,2-3H2,1H3,(H,13,14)(H,15,16). The van der Waals surface area contributed by atoms with Gasteiger partial charge >= 0.3 is 5.97 Å². The molecule has 1 amide bonds. The van der Waals surface area contributed by atoms with E-state index in [-0.39, 0.29) is 11.8 Å². The van der Waals surface area contributed by atoms with Gasteiger partial charge in [-0.05, 0) is 53.7 Å². The minimum Gasteiger partial charge on any atom is -0.480 e. The van der Waals surface area contributed by atoms with Crippen LogP contribution in [0.15, 0.2) is 15.9 Å². The van der Waals surface area contributed by atoms with Gasteiger partial charge in [0.05, 0.1) is 8.66 Å². The highest BCUT2D eigenvalue weighted by atomic mass is 79.9. The average Bonchev–Trinajstić information content (AvgIpc) is 3.01. The van der Waals surface area contributed by atoms with E-state index in [0.29, 0.717) is 4.88 Å². The molecule has 92 valence electrons. The molecule has 1 aliphatic rings. The van der Waals surface area contributed by atoms with Crippen LogP contribution in [0.4, 0.5) is 0 Å². The van der Waals surface area contributed by atoms with Crippen LogP contribution < -0.4 is 5.32 Å². The number of hydrogen-bond acceptors (Lipinski definition) is 3. The maximum Gasteiger partial charge on any atom is 0.329 e. The van der Waals surface area contributed by atoms with Crippen molar-refractivity contribution < 1.29 is 14.7 Å². The van der Waals surface area contributed by atoms with E-state index in [9.17, 15) is 14.7 Å². The Balaban J connectivity index is 2.14. The van der Waals surface area contributed by atoms with Gasteiger partial charge in [-0.25, -0.2) is 4.79 Å². The van der Waals surface area contributed by atoms with Gasteiger partial charge in [-0.15, -0.1) is 11.3 Å². The number of carbonyl (C=O) groups is 2. The summed E-state index contributed by atoms with van der Waals surface area (Å²) in [4.78, 5) is 23.7. The molecule has 0 saturated heterocycles. The second-order valence-corrected chi connectivity index (χ2v) is 6.80. The number of carboxylic acids is 1. The monoisotopic (exact) mass is 317 g/mol. The first kappa shape index (κ1) is 12.6. The summed E-state index contributed by atoms with van der Waals surface area (Å²) in [6.07, 6.45) is 1.72. The second kappa shape index (κ2) is 4.42. The maximum atomic E-state index is 11.9. The molecule has 2 N–H and O–H groups in total. The molecule has 0 aromatic carbocycles. The zero-order valence-electron chi connectivity index (χ0n) is 9.20. The fourth-order valence-corrected chi connectivity index (χ4v) is 3.01. The predicted octanol–water partition coefficient (Wildman–Crippen LogP) is 2.49. The molecule has 1 atom stereocenters. The summed E-state index contributed by atoms with van der Waals surface area (Å²) in [6.45, 7) is 1.58. The van der Waals surface area contributed by atoms with Gasteiger partial charge in [0.2, 0.25) is 0 Å². The Kier molecular flexibility index (Phi) is 3.27. The van der Waals surface area contributed by atoms with Gasteiger partial charge in [0.15, 0.2) is 0 Å². The number of nitrogens with one attached hydrogen (secondary N) is 1. The van der Waals surface area contributed by atoms with Gasteiger partial charge in [-0.3, -0.25) is 4.79 Å². The zero-order valence-corrected chi connectivity index (χ0v) is 11.6. The molecule has 1 unspecified atom stereocenters. The summed E-state index contributed by atoms with van der Waals surface area (Å²) >= 11 is 4.56. The van der Waals surface area contributed by atoms with Crippen LogP contribution in [-0.2, 0) is 4.79 Å². The van der Waals surface area contributed by atoms with Crippen molar-refractivity contribution in [3.8, 4) is 0 Å². The third-order valence-electron chi connectivity index (χ3n) is 3.01. The topological polar surface area (TPSA) is 66.4 Å². The smallest absolute Gasteiger partial charge is 0.329 e. The number of thiophene rings is 1. The first-order valence-electron chi connectivity index (χ1n) is 5.24. The van der Waals surface area contributed by atoms with Crippen LogP contribution in [0.25, 0.3) is 0 Å². The summed E-state index contributed by atoms with van der Waals surface area (Å²) < 4.78 is 0.853. The van der Waals surface area contributed by atoms with E-state index in [1.54, 1.807) is 19.1 Å². The van der Waals surface area contributed by atoms with Gasteiger partial charge < -0.3 is 10.4 Å². The lowest BCUT2D eigenvalue weighted by molar-refractivity contribution is -0.144. The van der Waals surface area contributed by atoms with E-state index < -0.39 is 11.5 Å². The van der Waals surface area contributed by atoms with Crippen molar-refractivity contribution in [3.05, 3.63) is 20.8 Å². The summed E-state index contributed by atoms with van der Waals surface area (Å²) in [5, 5.41) is 11.9. The number of rotatable bonds is 4. The fraction of sp³-hybridized carbons (Fsp3) is 0.455. The quantitative estimate of drug-likeness (QED) is 0.896. The lowest BCUT2D eigenvalue weighted by atomic mass is 9.96. The van der Waals surface area contributed by atoms with Crippen LogP contribution >= 0.6 is 27.3 Å². The number of hydrogen-bond donors (Lipinski definition) is 2. The van der Waals surface area contributed by atoms with E-state index in [1.807, 2.05) is 0 Å². The third kappa shape index (κ3) is 2.52. The molecule has 0 bridgehead atoms. The Labute approximate surface area is 111 Å². The van der Waals surface area contributed by atoms with Crippen molar-refractivity contribution in [1.82, 2.24) is 5.32 Å². The van der Waals surface area contributed by atoms with Crippen LogP contribution in [0.5, 0.6) is 0 Å². The normalized spacial score (nSPS) is 18.5. The molecule has 1 fully saturated rings. The summed E-state index contributed by atoms with van der Waals surface area (Å²) in [7, 11) is 0. The van der Waals surface area contributed by atoms with Gasteiger partial charge in [-0.1, -0.05) is 0 Å². The van der Waals surface area contributed by atoms with Crippen LogP contribution in [0.3, 0.4) is 0 Å². The van der Waals surface area contributed by atoms with E-state index in [2.05, 4.69) is 21.2 Å². The molecule has 1 aliphatic carbocycles. The first-order valence-corrected chi connectivity index (χ1v) is 6.85. The number of halogens is 1. The number of amides is 1. The molecule has 0 spiro atoms. The molecule has 6 heteroatoms. The minimum atomic E-state index is -1.15. The van der Waals surface area contributed by atoms with Gasteiger partial charge in [0.1, 0.15) is 5.54 Å². The number of carboxylic acid groups (broad SMARTS) is 1. The highest BCUT2D eigenvalue weighted by Crippen LogP contribution is 2.40. The van der Waals surface area contributed by atoms with Crippen molar-refractivity contribution in [2.75, 3.05) is 0 Å². The summed E-state index contributed by atoms with van der Waals surface area (Å²) in [5.41, 5.74) is -1.15. The van der Waals surface area contributed by atoms with Gasteiger partial charge in [0, 0.05) is 0 Å². The lowest BCUT2D eigenvalue weighted by Gasteiger charge is -2.25. The van der Waals surface area contributed by atoms with E-state index in [0.717, 1.165) is 16.6 Å². The van der Waals surface area contributed by atoms with E-state index >= 15 is 0 Å². The van der Waals surface area contributed by atoms with Crippen molar-refractivity contribution in [3.63, 3.8) is 0 Å². The van der Waals surface area contributed by atoms with Gasteiger partial charge in [0.25, 0.3) is 5.91 Å². The predicted molar refractivity (Wildman–Crippen MR) is 68.3 cm³/mol. The Hall–Kier alpha value is -0.880. The number of carbonyl (C=O) groups excluding carboxylic acids is 1. The van der Waals surface area contributed by atoms with Gasteiger partial charge in [-0.2, -0.15) is 0 Å². The SMILES string of the molecule is CC(NC(=O)c1ccc(Br)s1)(C(=O)O)C1CC1. The van der Waals surface area contributed by atoms with E-state index in [4.69, 9.17) is 0 Å². The summed E-state index contributed by atoms with van der Waals surface area (Å²) in [5.74, 6) is -1.24. The Morgan fingerprint density at radius 1 is 1.53 bits per heavy atom. The summed E-state index contributed by atoms with van der Waals surface area (Å²) in [6, 6.07) is 3.45. The van der Waals surface area contributed by atoms with Crippen molar-refractivity contribution in [2.45, 2.75) is 25.3 Å². The molecular formula is C11H12BrNO3S. The van der Waals surface area contributed by atoms with Crippen LogP contribution in [0.1, 0.15) is 29.4 Å². The molecule has 17 heavy (non-hydrogen) atoms. The van der Waals surface area contributed by atoms with Crippen LogP contribution in [-0.4, -0.2) is 22.5 Å². The third-order valence-corrected chi connectivity index (χ3v) is 4.63. The first-order chi connectivity index (χ1) is 7.93. The Morgan fingerprint density at radius 3 is 2.59 bits per heavy atom. The largest absolute Gasteiger partial charge is 0.480 e. The van der Waals surface area contributed by atoms with E-state index in [1.165, 1.54) is 11.3 Å². The van der Waals surface area contributed by atoms with Crippen molar-refractivity contribution >= 4 is 39.1 Å². The highest BCUT2D eigenvalue weighted by Gasteiger charge is 2.48. The fourth-order valence-electron chi connectivity index (χ4n) is 1.72. The molecule has 0 radical (unpaired) electrons. The molecule has 1 heterocycles. The number of aliphatic carboxylic acids is 1. The van der Waals surface area contributed by atoms with Crippen molar-refractivity contribution in [2.24, 2.45) is 5.92 Å². The average molecular weight is 318 g/mol. The molecule has 1 aromatic rings. The molecule has 0 aliphatic heterocycles. The highest BCUT2D eigenvalue weighted by molar-refractivity contribution is 9.11. The zero-order chi connectivity index (χ0) is 12.6. The maximum absolute atomic E-state index is 11.9. The molecule has 2 rings (SSSR count). The lowest BCUT2D eigenvalue weighted by Crippen LogP contribution is -2.53. The Bertz CT molecular complexity index is 469. The molecule has 1 aromatic heterocycles.